The molecule has 0 aliphatic rings. The zero-order valence-corrected chi connectivity index (χ0v) is 19.0. The monoisotopic (exact) mass is 459 g/mol. The molecular weight excluding hydrogens is 430 g/mol. The Kier molecular flexibility index (Phi) is 12.9. The maximum atomic E-state index is 5.57. The lowest BCUT2D eigenvalue weighted by Gasteiger charge is -1.97. The second-order valence-corrected chi connectivity index (χ2v) is 8.07. The molecule has 0 aliphatic heterocycles. The van der Waals surface area contributed by atoms with Crippen LogP contribution in [-0.2, 0) is 12.8 Å². The van der Waals surface area contributed by atoms with Gasteiger partial charge in [-0.1, -0.05) is 0 Å². The minimum Gasteiger partial charge on any atom is -0.370 e. The molecule has 2 heterocycles. The number of aryl methyl sites for hydroxylation is 2. The predicted molar refractivity (Wildman–Crippen MR) is 126 cm³/mol. The highest BCUT2D eigenvalue weighted by atomic mass is 35.5. The molecule has 29 heavy (non-hydrogen) atoms. The number of hydrogen-bond acceptors (Lipinski definition) is 7. The third-order valence-electron chi connectivity index (χ3n) is 3.45. The highest BCUT2D eigenvalue weighted by Gasteiger charge is 2.01. The Labute approximate surface area is 184 Å². The molecule has 0 radical (unpaired) electrons. The molecule has 0 unspecified atom stereocenters. The first-order chi connectivity index (χ1) is 13.9. The van der Waals surface area contributed by atoms with Crippen LogP contribution in [0.1, 0.15) is 37.1 Å². The fourth-order valence-corrected chi connectivity index (χ4v) is 3.82. The number of unbranched alkanes of at least 4 members (excludes halogenated alkanes) is 2. The number of guanidine groups is 2. The molecule has 0 saturated carbocycles. The summed E-state index contributed by atoms with van der Waals surface area (Å²) in [5.41, 5.74) is 23.1. The number of aliphatic imine (C=N–C) groups is 2. The van der Waals surface area contributed by atoms with Crippen LogP contribution in [0.2, 0.25) is 0 Å². The predicted octanol–water partition coefficient (Wildman–Crippen LogP) is 2.20. The molecule has 0 spiro atoms. The fourth-order valence-electron chi connectivity index (χ4n) is 2.15. The first kappa shape index (κ1) is 25.1. The first-order valence-corrected chi connectivity index (χ1v) is 11.5. The average molecular weight is 460 g/mol. The largest absolute Gasteiger partial charge is 0.370 e. The second kappa shape index (κ2) is 15.0. The van der Waals surface area contributed by atoms with Crippen molar-refractivity contribution in [1.82, 2.24) is 15.3 Å². The third-order valence-corrected chi connectivity index (χ3v) is 5.29. The minimum atomic E-state index is 0.0478. The van der Waals surface area contributed by atoms with Crippen LogP contribution >= 0.6 is 34.3 Å². The van der Waals surface area contributed by atoms with Crippen LogP contribution in [0.15, 0.2) is 20.7 Å². The average Bonchev–Trinajstić information content (AvgIpc) is 3.28. The summed E-state index contributed by atoms with van der Waals surface area (Å²) >= 11 is 8.48. The number of nitrogens with one attached hydrogen (secondary N) is 1. The standard InChI is InChI=1S/C9H17N5S.C8H13ClN4S/c1-12-5-3-2-4-7-6-15-9(13-7)14-8(10)11;9-4-2-1-3-6-5-14-8(12-6)13-7(10)11/h6,12H,2-5H2,1H3,(H4,10,11,13,14);5H,1-4H2,(H4,10,11,12,13). The van der Waals surface area contributed by atoms with E-state index in [1.165, 1.54) is 22.7 Å². The summed E-state index contributed by atoms with van der Waals surface area (Å²) in [5, 5.41) is 8.34. The zero-order valence-electron chi connectivity index (χ0n) is 16.6. The van der Waals surface area contributed by atoms with E-state index in [1.807, 2.05) is 17.8 Å². The molecule has 9 nitrogen and oxygen atoms in total. The summed E-state index contributed by atoms with van der Waals surface area (Å²) in [6, 6.07) is 0. The van der Waals surface area contributed by atoms with E-state index in [4.69, 9.17) is 34.5 Å². The Morgan fingerprint density at radius 2 is 1.38 bits per heavy atom. The van der Waals surface area contributed by atoms with Gasteiger partial charge in [0.15, 0.2) is 11.9 Å². The number of nitrogens with zero attached hydrogens (tertiary/aromatic N) is 4. The van der Waals surface area contributed by atoms with Gasteiger partial charge in [0, 0.05) is 16.6 Å². The maximum Gasteiger partial charge on any atom is 0.212 e. The Morgan fingerprint density at radius 3 is 1.79 bits per heavy atom. The fraction of sp³-hybridized carbons (Fsp3) is 0.529. The molecule has 0 aliphatic carbocycles. The van der Waals surface area contributed by atoms with E-state index in [-0.39, 0.29) is 11.9 Å². The van der Waals surface area contributed by atoms with Gasteiger partial charge < -0.3 is 28.3 Å². The number of aromatic nitrogens is 2. The van der Waals surface area contributed by atoms with Crippen molar-refractivity contribution in [1.29, 1.82) is 0 Å². The Balaban J connectivity index is 0.000000291. The molecule has 9 N–H and O–H groups in total. The Bertz CT molecular complexity index is 750. The Morgan fingerprint density at radius 1 is 0.897 bits per heavy atom. The van der Waals surface area contributed by atoms with Gasteiger partial charge in [0.25, 0.3) is 0 Å². The van der Waals surface area contributed by atoms with Gasteiger partial charge in [0.1, 0.15) is 0 Å². The van der Waals surface area contributed by atoms with Gasteiger partial charge >= 0.3 is 0 Å². The quantitative estimate of drug-likeness (QED) is 0.148. The van der Waals surface area contributed by atoms with Crippen molar-refractivity contribution >= 4 is 56.5 Å². The number of hydrogen-bond donors (Lipinski definition) is 5. The lowest BCUT2D eigenvalue weighted by Crippen LogP contribution is -2.21. The maximum absolute atomic E-state index is 5.57. The lowest BCUT2D eigenvalue weighted by molar-refractivity contribution is 0.672. The molecule has 12 heteroatoms. The molecule has 0 amide bonds. The molecule has 0 aromatic carbocycles. The van der Waals surface area contributed by atoms with Crippen LogP contribution in [0.25, 0.3) is 0 Å². The van der Waals surface area contributed by atoms with E-state index >= 15 is 0 Å². The lowest BCUT2D eigenvalue weighted by atomic mass is 10.2. The summed E-state index contributed by atoms with van der Waals surface area (Å²) in [6.07, 6.45) is 6.27. The van der Waals surface area contributed by atoms with Crippen molar-refractivity contribution in [2.45, 2.75) is 38.5 Å². The third kappa shape index (κ3) is 12.3. The van der Waals surface area contributed by atoms with Gasteiger partial charge in [-0.3, -0.25) is 0 Å². The van der Waals surface area contributed by atoms with Crippen LogP contribution in [0.4, 0.5) is 10.3 Å². The van der Waals surface area contributed by atoms with E-state index in [2.05, 4.69) is 25.3 Å². The molecule has 0 atom stereocenters. The molecule has 0 fully saturated rings. The normalized spacial score (nSPS) is 10.1. The van der Waals surface area contributed by atoms with E-state index in [0.29, 0.717) is 16.1 Å². The smallest absolute Gasteiger partial charge is 0.212 e. The van der Waals surface area contributed by atoms with Crippen molar-refractivity contribution in [3.05, 3.63) is 22.1 Å². The summed E-state index contributed by atoms with van der Waals surface area (Å²) in [7, 11) is 1.96. The Hall–Kier alpha value is -1.95. The number of halogens is 1. The SMILES string of the molecule is CNCCCCc1csc(N=C(N)N)n1.NC(N)=Nc1nc(CCCCCl)cs1. The van der Waals surface area contributed by atoms with E-state index in [9.17, 15) is 0 Å². The summed E-state index contributed by atoms with van der Waals surface area (Å²) in [5.74, 6) is 0.808. The van der Waals surface area contributed by atoms with Crippen molar-refractivity contribution in [2.24, 2.45) is 32.9 Å². The van der Waals surface area contributed by atoms with Crippen LogP contribution < -0.4 is 28.3 Å². The van der Waals surface area contributed by atoms with Gasteiger partial charge in [-0.15, -0.1) is 34.3 Å². The van der Waals surface area contributed by atoms with Gasteiger partial charge in [-0.2, -0.15) is 9.98 Å². The zero-order chi connectivity index (χ0) is 21.5. The number of alkyl halides is 1. The molecule has 2 rings (SSSR count). The highest BCUT2D eigenvalue weighted by Crippen LogP contribution is 2.20. The summed E-state index contributed by atoms with van der Waals surface area (Å²) in [6.45, 7) is 1.05. The molecular formula is C17H30ClN9S2. The summed E-state index contributed by atoms with van der Waals surface area (Å²) < 4.78 is 0. The highest BCUT2D eigenvalue weighted by molar-refractivity contribution is 7.13. The number of thiazole rings is 2. The van der Waals surface area contributed by atoms with Crippen LogP contribution in [0.3, 0.4) is 0 Å². The molecule has 162 valence electrons. The van der Waals surface area contributed by atoms with Crippen LogP contribution in [0, 0.1) is 0 Å². The van der Waals surface area contributed by atoms with Crippen molar-refractivity contribution in [3.8, 4) is 0 Å². The van der Waals surface area contributed by atoms with Crippen LogP contribution in [-0.4, -0.2) is 41.4 Å². The number of nitrogens with two attached hydrogens (primary N) is 4. The topological polar surface area (TPSA) is 167 Å². The van der Waals surface area contributed by atoms with Crippen molar-refractivity contribution in [3.63, 3.8) is 0 Å². The number of rotatable bonds is 11. The van der Waals surface area contributed by atoms with Crippen molar-refractivity contribution < 1.29 is 0 Å². The minimum absolute atomic E-state index is 0.0478. The van der Waals surface area contributed by atoms with E-state index in [1.54, 1.807) is 0 Å². The second-order valence-electron chi connectivity index (χ2n) is 6.02. The van der Waals surface area contributed by atoms with Gasteiger partial charge in [0.2, 0.25) is 10.3 Å². The van der Waals surface area contributed by atoms with Crippen LogP contribution in [0.5, 0.6) is 0 Å². The van der Waals surface area contributed by atoms with Crippen molar-refractivity contribution in [2.75, 3.05) is 19.5 Å². The van der Waals surface area contributed by atoms with Gasteiger partial charge in [0.05, 0.1) is 11.4 Å². The van der Waals surface area contributed by atoms with E-state index < -0.39 is 0 Å². The summed E-state index contributed by atoms with van der Waals surface area (Å²) in [4.78, 5) is 16.3. The van der Waals surface area contributed by atoms with E-state index in [0.717, 1.165) is 56.5 Å². The molecule has 2 aromatic rings. The van der Waals surface area contributed by atoms with Gasteiger partial charge in [-0.25, -0.2) is 9.97 Å². The first-order valence-electron chi connectivity index (χ1n) is 9.23. The molecule has 0 bridgehead atoms. The molecule has 2 aromatic heterocycles. The molecule has 0 saturated heterocycles. The van der Waals surface area contributed by atoms with Gasteiger partial charge in [-0.05, 0) is 52.1 Å².